The lowest BCUT2D eigenvalue weighted by Crippen LogP contribution is -2.39. The van der Waals surface area contributed by atoms with Gasteiger partial charge < -0.3 is 10.6 Å². The largest absolute Gasteiger partial charge is 0.355 e. The van der Waals surface area contributed by atoms with Crippen LogP contribution in [0.4, 0.5) is 5.82 Å². The number of nitrogens with one attached hydrogen (secondary N) is 1. The number of nitrogens with two attached hydrogens (primary N) is 1. The number of aromatic nitrogens is 2. The highest BCUT2D eigenvalue weighted by atomic mass is 32.1. The summed E-state index contributed by atoms with van der Waals surface area (Å²) in [6.07, 6.45) is 2.11. The van der Waals surface area contributed by atoms with Crippen LogP contribution in [0.1, 0.15) is 17.7 Å². The average molecular weight is 262 g/mol. The summed E-state index contributed by atoms with van der Waals surface area (Å²) in [5.41, 5.74) is 7.03. The van der Waals surface area contributed by atoms with Gasteiger partial charge in [-0.25, -0.2) is 0 Å². The van der Waals surface area contributed by atoms with Gasteiger partial charge in [0.05, 0.1) is 10.6 Å². The highest BCUT2D eigenvalue weighted by molar-refractivity contribution is 7.15. The van der Waals surface area contributed by atoms with E-state index < -0.39 is 0 Å². The van der Waals surface area contributed by atoms with Gasteiger partial charge in [0.2, 0.25) is 0 Å². The molecule has 0 aromatic carbocycles. The molecule has 3 N–H and O–H groups in total. The van der Waals surface area contributed by atoms with Gasteiger partial charge in [0.25, 0.3) is 0 Å². The number of hydrogen-bond donors (Lipinski definition) is 2. The van der Waals surface area contributed by atoms with E-state index in [-0.39, 0.29) is 0 Å². The predicted molar refractivity (Wildman–Crippen MR) is 76.1 cm³/mol. The van der Waals surface area contributed by atoms with E-state index in [1.54, 1.807) is 11.3 Å². The van der Waals surface area contributed by atoms with Crippen LogP contribution in [0.5, 0.6) is 0 Å². The zero-order chi connectivity index (χ0) is 12.5. The van der Waals surface area contributed by atoms with Gasteiger partial charge in [-0.05, 0) is 31.9 Å². The van der Waals surface area contributed by atoms with Crippen molar-refractivity contribution in [3.05, 3.63) is 23.1 Å². The highest BCUT2D eigenvalue weighted by Crippen LogP contribution is 2.29. The maximum absolute atomic E-state index is 5.92. The average Bonchev–Trinajstić information content (AvgIpc) is 2.98. The summed E-state index contributed by atoms with van der Waals surface area (Å²) < 4.78 is 0. The van der Waals surface area contributed by atoms with Crippen LogP contribution < -0.4 is 10.6 Å². The predicted octanol–water partition coefficient (Wildman–Crippen LogP) is 2.37. The summed E-state index contributed by atoms with van der Waals surface area (Å²) in [7, 11) is 0. The van der Waals surface area contributed by atoms with Crippen LogP contribution in [0.15, 0.2) is 18.2 Å². The van der Waals surface area contributed by atoms with Crippen molar-refractivity contribution < 1.29 is 0 Å². The molecule has 1 aliphatic heterocycles. The van der Waals surface area contributed by atoms with E-state index >= 15 is 0 Å². The molecular formula is C13H18N4S. The Hall–Kier alpha value is -1.33. The molecule has 0 amide bonds. The zero-order valence-electron chi connectivity index (χ0n) is 10.5. The first-order chi connectivity index (χ1) is 8.72. The van der Waals surface area contributed by atoms with Crippen molar-refractivity contribution in [2.75, 3.05) is 18.0 Å². The van der Waals surface area contributed by atoms with E-state index in [9.17, 15) is 0 Å². The van der Waals surface area contributed by atoms with Gasteiger partial charge in [-0.15, -0.1) is 11.3 Å². The lowest BCUT2D eigenvalue weighted by molar-refractivity contribution is 0.498. The molecule has 3 rings (SSSR count). The Morgan fingerprint density at radius 3 is 2.83 bits per heavy atom. The van der Waals surface area contributed by atoms with Gasteiger partial charge in [0.15, 0.2) is 5.82 Å². The van der Waals surface area contributed by atoms with E-state index in [1.807, 2.05) is 0 Å². The molecule has 5 heteroatoms. The number of nitrogens with zero attached hydrogens (tertiary/aromatic N) is 2. The number of H-pyrrole nitrogens is 1. The molecule has 0 aliphatic carbocycles. The third-order valence-electron chi connectivity index (χ3n) is 3.43. The first-order valence-corrected chi connectivity index (χ1v) is 7.17. The summed E-state index contributed by atoms with van der Waals surface area (Å²) >= 11 is 1.79. The summed E-state index contributed by atoms with van der Waals surface area (Å²) in [5.74, 6) is 1.04. The Balaban J connectivity index is 1.77. The van der Waals surface area contributed by atoms with Crippen LogP contribution in [0, 0.1) is 6.92 Å². The molecule has 1 aliphatic rings. The molecule has 18 heavy (non-hydrogen) atoms. The minimum Gasteiger partial charge on any atom is -0.355 e. The first kappa shape index (κ1) is 11.7. The van der Waals surface area contributed by atoms with Crippen LogP contribution in [0.2, 0.25) is 0 Å². The van der Waals surface area contributed by atoms with Gasteiger partial charge in [-0.2, -0.15) is 5.10 Å². The van der Waals surface area contributed by atoms with E-state index in [4.69, 9.17) is 5.73 Å². The molecule has 4 nitrogen and oxygen atoms in total. The third kappa shape index (κ3) is 2.28. The van der Waals surface area contributed by atoms with E-state index in [0.29, 0.717) is 6.04 Å². The summed E-state index contributed by atoms with van der Waals surface area (Å²) in [5, 5.41) is 7.55. The monoisotopic (exact) mass is 262 g/mol. The number of thiophene rings is 1. The lowest BCUT2D eigenvalue weighted by Gasteiger charge is -2.29. The maximum atomic E-state index is 5.92. The molecule has 2 aromatic rings. The van der Waals surface area contributed by atoms with Gasteiger partial charge >= 0.3 is 0 Å². The molecule has 0 spiro atoms. The summed E-state index contributed by atoms with van der Waals surface area (Å²) in [6.45, 7) is 4.14. The number of anilines is 1. The second-order valence-electron chi connectivity index (χ2n) is 4.87. The Morgan fingerprint density at radius 2 is 2.17 bits per heavy atom. The smallest absolute Gasteiger partial charge is 0.151 e. The fraction of sp³-hybridized carbons (Fsp3) is 0.462. The van der Waals surface area contributed by atoms with Crippen LogP contribution >= 0.6 is 11.3 Å². The molecule has 1 fully saturated rings. The number of aromatic amines is 1. The van der Waals surface area contributed by atoms with Crippen molar-refractivity contribution in [3.8, 4) is 10.6 Å². The van der Waals surface area contributed by atoms with Crippen molar-refractivity contribution >= 4 is 17.2 Å². The van der Waals surface area contributed by atoms with Crippen LogP contribution in [0.25, 0.3) is 10.6 Å². The van der Waals surface area contributed by atoms with Gasteiger partial charge in [0.1, 0.15) is 0 Å². The highest BCUT2D eigenvalue weighted by Gasteiger charge is 2.18. The Labute approximate surface area is 111 Å². The minimum atomic E-state index is 0.361. The maximum Gasteiger partial charge on any atom is 0.151 e. The van der Waals surface area contributed by atoms with Crippen molar-refractivity contribution in [1.82, 2.24) is 10.2 Å². The van der Waals surface area contributed by atoms with Crippen molar-refractivity contribution in [2.45, 2.75) is 25.8 Å². The molecular weight excluding hydrogens is 244 g/mol. The van der Waals surface area contributed by atoms with Crippen molar-refractivity contribution in [2.24, 2.45) is 5.73 Å². The van der Waals surface area contributed by atoms with E-state index in [0.717, 1.165) is 37.4 Å². The lowest BCUT2D eigenvalue weighted by atomic mass is 10.1. The van der Waals surface area contributed by atoms with Crippen LogP contribution in [0.3, 0.4) is 0 Å². The Morgan fingerprint density at radius 1 is 1.39 bits per heavy atom. The van der Waals surface area contributed by atoms with Crippen LogP contribution in [-0.2, 0) is 0 Å². The number of piperidine rings is 1. The molecule has 0 atom stereocenters. The first-order valence-electron chi connectivity index (χ1n) is 6.35. The normalized spacial score (nSPS) is 17.3. The SMILES string of the molecule is Cc1ccc(-c2cc(N3CCC(N)CC3)n[nH]2)s1. The second-order valence-corrected chi connectivity index (χ2v) is 6.16. The topological polar surface area (TPSA) is 57.9 Å². The number of hydrogen-bond acceptors (Lipinski definition) is 4. The summed E-state index contributed by atoms with van der Waals surface area (Å²) in [4.78, 5) is 4.88. The zero-order valence-corrected chi connectivity index (χ0v) is 11.3. The number of rotatable bonds is 2. The van der Waals surface area contributed by atoms with Gasteiger partial charge in [-0.3, -0.25) is 5.10 Å². The second kappa shape index (κ2) is 4.74. The standard InChI is InChI=1S/C13H18N4S/c1-9-2-3-12(18-9)11-8-13(16-15-11)17-6-4-10(14)5-7-17/h2-3,8,10H,4-7,14H2,1H3,(H,15,16). The van der Waals surface area contributed by atoms with E-state index in [1.165, 1.54) is 9.75 Å². The quantitative estimate of drug-likeness (QED) is 0.873. The van der Waals surface area contributed by atoms with Gasteiger partial charge in [-0.1, -0.05) is 0 Å². The fourth-order valence-electron chi connectivity index (χ4n) is 2.31. The Bertz CT molecular complexity index is 523. The molecule has 0 saturated carbocycles. The molecule has 96 valence electrons. The summed E-state index contributed by atoms with van der Waals surface area (Å²) in [6, 6.07) is 6.78. The molecule has 1 saturated heterocycles. The minimum absolute atomic E-state index is 0.361. The van der Waals surface area contributed by atoms with E-state index in [2.05, 4.69) is 40.2 Å². The molecule has 3 heterocycles. The van der Waals surface area contributed by atoms with Gasteiger partial charge in [0, 0.05) is 30.1 Å². The molecule has 0 unspecified atom stereocenters. The number of aryl methyl sites for hydroxylation is 1. The van der Waals surface area contributed by atoms with Crippen LogP contribution in [-0.4, -0.2) is 29.3 Å². The Kier molecular flexibility index (Phi) is 3.09. The molecule has 2 aromatic heterocycles. The van der Waals surface area contributed by atoms with Crippen molar-refractivity contribution in [1.29, 1.82) is 0 Å². The fourth-order valence-corrected chi connectivity index (χ4v) is 3.14. The molecule has 0 bridgehead atoms. The third-order valence-corrected chi connectivity index (χ3v) is 4.47. The van der Waals surface area contributed by atoms with Crippen molar-refractivity contribution in [3.63, 3.8) is 0 Å². The molecule has 0 radical (unpaired) electrons.